The standard InChI is InChI=1S/C18H11BrCl2FNO3S/c19-15-10-13(4-8-17(15)26-14-5-2-12(22)3-6-14)23-27(24,25)18-9-11(20)1-7-16(18)21/h1-10,23H. The second-order valence-electron chi connectivity index (χ2n) is 5.38. The molecule has 0 aliphatic heterocycles. The number of anilines is 1. The summed E-state index contributed by atoms with van der Waals surface area (Å²) in [4.78, 5) is -0.126. The van der Waals surface area contributed by atoms with Gasteiger partial charge in [-0.1, -0.05) is 23.2 Å². The summed E-state index contributed by atoms with van der Waals surface area (Å²) in [6.07, 6.45) is 0. The number of ether oxygens (including phenoxy) is 1. The quantitative estimate of drug-likeness (QED) is 0.444. The maximum atomic E-state index is 13.0. The molecule has 0 saturated carbocycles. The van der Waals surface area contributed by atoms with Crippen LogP contribution in [-0.4, -0.2) is 8.42 Å². The molecule has 0 aliphatic carbocycles. The monoisotopic (exact) mass is 489 g/mol. The summed E-state index contributed by atoms with van der Waals surface area (Å²) in [6.45, 7) is 0. The van der Waals surface area contributed by atoms with Crippen LogP contribution in [0.3, 0.4) is 0 Å². The van der Waals surface area contributed by atoms with Crippen molar-refractivity contribution in [2.75, 3.05) is 4.72 Å². The van der Waals surface area contributed by atoms with Gasteiger partial charge in [0, 0.05) is 5.02 Å². The highest BCUT2D eigenvalue weighted by molar-refractivity contribution is 9.10. The minimum atomic E-state index is -3.93. The van der Waals surface area contributed by atoms with Gasteiger partial charge in [-0.3, -0.25) is 4.72 Å². The van der Waals surface area contributed by atoms with Crippen molar-refractivity contribution in [3.05, 3.63) is 81.0 Å². The van der Waals surface area contributed by atoms with Crippen LogP contribution in [0.4, 0.5) is 10.1 Å². The molecular weight excluding hydrogens is 480 g/mol. The summed E-state index contributed by atoms with van der Waals surface area (Å²) >= 11 is 15.2. The Morgan fingerprint density at radius 1 is 0.963 bits per heavy atom. The van der Waals surface area contributed by atoms with Crippen LogP contribution in [0.15, 0.2) is 70.0 Å². The molecule has 0 heterocycles. The third-order valence-electron chi connectivity index (χ3n) is 3.41. The first kappa shape index (κ1) is 19.9. The SMILES string of the molecule is O=S(=O)(Nc1ccc(Oc2ccc(F)cc2)c(Br)c1)c1cc(Cl)ccc1Cl. The molecule has 0 atom stereocenters. The second kappa shape index (κ2) is 8.06. The van der Waals surface area contributed by atoms with Gasteiger partial charge in [-0.25, -0.2) is 12.8 Å². The Morgan fingerprint density at radius 3 is 2.33 bits per heavy atom. The van der Waals surface area contributed by atoms with Crippen LogP contribution >= 0.6 is 39.1 Å². The molecule has 0 amide bonds. The summed E-state index contributed by atoms with van der Waals surface area (Å²) in [5, 5.41) is 0.311. The highest BCUT2D eigenvalue weighted by Gasteiger charge is 2.19. The first-order chi connectivity index (χ1) is 12.7. The number of nitrogens with one attached hydrogen (secondary N) is 1. The highest BCUT2D eigenvalue weighted by atomic mass is 79.9. The highest BCUT2D eigenvalue weighted by Crippen LogP contribution is 2.33. The van der Waals surface area contributed by atoms with E-state index in [1.807, 2.05) is 0 Å². The average Bonchev–Trinajstić information content (AvgIpc) is 2.61. The fourth-order valence-corrected chi connectivity index (χ4v) is 4.44. The largest absolute Gasteiger partial charge is 0.456 e. The molecule has 0 radical (unpaired) electrons. The fourth-order valence-electron chi connectivity index (χ4n) is 2.17. The Balaban J connectivity index is 1.83. The molecular formula is C18H11BrCl2FNO3S. The number of sulfonamides is 1. The van der Waals surface area contributed by atoms with Gasteiger partial charge < -0.3 is 4.74 Å². The summed E-state index contributed by atoms with van der Waals surface area (Å²) in [5.74, 6) is 0.507. The van der Waals surface area contributed by atoms with Gasteiger partial charge in [-0.05, 0) is 76.6 Å². The van der Waals surface area contributed by atoms with Crippen LogP contribution in [-0.2, 0) is 10.0 Å². The third kappa shape index (κ3) is 4.93. The van der Waals surface area contributed by atoms with Crippen LogP contribution < -0.4 is 9.46 Å². The van der Waals surface area contributed by atoms with E-state index >= 15 is 0 Å². The smallest absolute Gasteiger partial charge is 0.263 e. The molecule has 0 aliphatic rings. The Hall–Kier alpha value is -1.80. The van der Waals surface area contributed by atoms with Crippen LogP contribution in [0.25, 0.3) is 0 Å². The maximum absolute atomic E-state index is 13.0. The normalized spacial score (nSPS) is 11.3. The fraction of sp³-hybridized carbons (Fsp3) is 0. The summed E-state index contributed by atoms with van der Waals surface area (Å²) in [6, 6.07) is 14.3. The minimum Gasteiger partial charge on any atom is -0.456 e. The lowest BCUT2D eigenvalue weighted by Crippen LogP contribution is -2.13. The summed E-state index contributed by atoms with van der Waals surface area (Å²) in [7, 11) is -3.93. The van der Waals surface area contributed by atoms with Gasteiger partial charge in [-0.2, -0.15) is 0 Å². The molecule has 3 aromatic rings. The zero-order chi connectivity index (χ0) is 19.6. The van der Waals surface area contributed by atoms with E-state index in [0.29, 0.717) is 21.7 Å². The lowest BCUT2D eigenvalue weighted by atomic mass is 10.3. The lowest BCUT2D eigenvalue weighted by molar-refractivity contribution is 0.477. The van der Waals surface area contributed by atoms with E-state index in [2.05, 4.69) is 20.7 Å². The van der Waals surface area contributed by atoms with Gasteiger partial charge in [0.15, 0.2) is 0 Å². The Kier molecular flexibility index (Phi) is 5.95. The van der Waals surface area contributed by atoms with E-state index in [9.17, 15) is 12.8 Å². The molecule has 0 saturated heterocycles. The van der Waals surface area contributed by atoms with Crippen LogP contribution in [0.2, 0.25) is 10.0 Å². The van der Waals surface area contributed by atoms with E-state index in [-0.39, 0.29) is 20.8 Å². The summed E-state index contributed by atoms with van der Waals surface area (Å²) in [5.41, 5.74) is 0.296. The zero-order valence-electron chi connectivity index (χ0n) is 13.4. The van der Waals surface area contributed by atoms with Crippen LogP contribution in [0, 0.1) is 5.82 Å². The van der Waals surface area contributed by atoms with E-state index in [1.165, 1.54) is 54.6 Å². The number of hydrogen-bond donors (Lipinski definition) is 1. The number of halogens is 4. The number of rotatable bonds is 5. The molecule has 0 fully saturated rings. The molecule has 0 bridgehead atoms. The van der Waals surface area contributed by atoms with E-state index < -0.39 is 10.0 Å². The van der Waals surface area contributed by atoms with Gasteiger partial charge in [-0.15, -0.1) is 0 Å². The Labute approximate surface area is 174 Å². The van der Waals surface area contributed by atoms with Crippen molar-refractivity contribution in [1.82, 2.24) is 0 Å². The first-order valence-electron chi connectivity index (χ1n) is 7.45. The van der Waals surface area contributed by atoms with Crippen molar-refractivity contribution < 1.29 is 17.5 Å². The van der Waals surface area contributed by atoms with Gasteiger partial charge in [0.1, 0.15) is 22.2 Å². The van der Waals surface area contributed by atoms with E-state index in [4.69, 9.17) is 27.9 Å². The predicted octanol–water partition coefficient (Wildman–Crippen LogP) is 6.49. The Morgan fingerprint density at radius 2 is 1.67 bits per heavy atom. The third-order valence-corrected chi connectivity index (χ3v) is 6.13. The van der Waals surface area contributed by atoms with Gasteiger partial charge >= 0.3 is 0 Å². The van der Waals surface area contributed by atoms with E-state index in [1.54, 1.807) is 6.07 Å². The minimum absolute atomic E-state index is 0.0576. The Bertz CT molecular complexity index is 1090. The van der Waals surface area contributed by atoms with Crippen molar-refractivity contribution in [2.24, 2.45) is 0 Å². The van der Waals surface area contributed by atoms with Crippen molar-refractivity contribution in [2.45, 2.75) is 4.90 Å². The van der Waals surface area contributed by atoms with Crippen molar-refractivity contribution in [3.8, 4) is 11.5 Å². The number of benzene rings is 3. The second-order valence-corrected chi connectivity index (χ2v) is 8.73. The molecule has 3 rings (SSSR count). The molecule has 140 valence electrons. The topological polar surface area (TPSA) is 55.4 Å². The summed E-state index contributed by atoms with van der Waals surface area (Å²) < 4.78 is 46.7. The van der Waals surface area contributed by atoms with Crippen LogP contribution in [0.5, 0.6) is 11.5 Å². The van der Waals surface area contributed by atoms with E-state index in [0.717, 1.165) is 0 Å². The lowest BCUT2D eigenvalue weighted by Gasteiger charge is -2.12. The van der Waals surface area contributed by atoms with Gasteiger partial charge in [0.2, 0.25) is 0 Å². The molecule has 4 nitrogen and oxygen atoms in total. The molecule has 9 heteroatoms. The zero-order valence-corrected chi connectivity index (χ0v) is 17.3. The first-order valence-corrected chi connectivity index (χ1v) is 10.5. The molecule has 3 aromatic carbocycles. The van der Waals surface area contributed by atoms with Gasteiger partial charge in [0.25, 0.3) is 10.0 Å². The molecule has 1 N–H and O–H groups in total. The molecule has 27 heavy (non-hydrogen) atoms. The predicted molar refractivity (Wildman–Crippen MR) is 108 cm³/mol. The number of hydrogen-bond acceptors (Lipinski definition) is 3. The maximum Gasteiger partial charge on any atom is 0.263 e. The van der Waals surface area contributed by atoms with Crippen molar-refractivity contribution >= 4 is 54.8 Å². The molecule has 0 unspecified atom stereocenters. The molecule has 0 aromatic heterocycles. The van der Waals surface area contributed by atoms with Gasteiger partial charge in [0.05, 0.1) is 15.2 Å². The van der Waals surface area contributed by atoms with Crippen LogP contribution in [0.1, 0.15) is 0 Å². The van der Waals surface area contributed by atoms with Crippen molar-refractivity contribution in [3.63, 3.8) is 0 Å². The average molecular weight is 491 g/mol. The molecule has 0 spiro atoms. The van der Waals surface area contributed by atoms with Crippen molar-refractivity contribution in [1.29, 1.82) is 0 Å².